The third-order valence-corrected chi connectivity index (χ3v) is 3.62. The molecule has 0 aromatic heterocycles. The SMILES string of the molecule is C/C=C(\NNC(=S)Nc1cc(C)ccc1C)c1ccc(O)cc1. The quantitative estimate of drug-likeness (QED) is 0.507. The molecule has 0 unspecified atom stereocenters. The van der Waals surface area contributed by atoms with E-state index in [1.54, 1.807) is 12.1 Å². The first kappa shape index (κ1) is 16.8. The maximum absolute atomic E-state index is 9.36. The van der Waals surface area contributed by atoms with Gasteiger partial charge in [-0.3, -0.25) is 10.9 Å². The summed E-state index contributed by atoms with van der Waals surface area (Å²) in [4.78, 5) is 0. The van der Waals surface area contributed by atoms with E-state index in [1.165, 1.54) is 5.56 Å². The fourth-order valence-electron chi connectivity index (χ4n) is 2.10. The summed E-state index contributed by atoms with van der Waals surface area (Å²) >= 11 is 5.32. The summed E-state index contributed by atoms with van der Waals surface area (Å²) in [5.74, 6) is 0.240. The molecule has 2 rings (SSSR count). The summed E-state index contributed by atoms with van der Waals surface area (Å²) in [5, 5.41) is 13.0. The number of thiocarbonyl (C=S) groups is 1. The van der Waals surface area contributed by atoms with Gasteiger partial charge in [-0.05, 0) is 80.0 Å². The number of rotatable bonds is 4. The van der Waals surface area contributed by atoms with Crippen molar-refractivity contribution in [2.24, 2.45) is 0 Å². The van der Waals surface area contributed by atoms with Crippen LogP contribution in [0, 0.1) is 13.8 Å². The molecule has 0 heterocycles. The monoisotopic (exact) mass is 327 g/mol. The van der Waals surface area contributed by atoms with E-state index in [1.807, 2.05) is 39.0 Å². The van der Waals surface area contributed by atoms with Crippen molar-refractivity contribution in [2.45, 2.75) is 20.8 Å². The number of aryl methyl sites for hydroxylation is 2. The summed E-state index contributed by atoms with van der Waals surface area (Å²) in [6.45, 7) is 6.01. The Labute approximate surface area is 142 Å². The lowest BCUT2D eigenvalue weighted by Gasteiger charge is -2.16. The normalized spacial score (nSPS) is 11.0. The molecule has 23 heavy (non-hydrogen) atoms. The molecule has 0 saturated heterocycles. The largest absolute Gasteiger partial charge is 0.508 e. The summed E-state index contributed by atoms with van der Waals surface area (Å²) in [6.07, 6.45) is 1.93. The highest BCUT2D eigenvalue weighted by Crippen LogP contribution is 2.17. The smallest absolute Gasteiger partial charge is 0.189 e. The van der Waals surface area contributed by atoms with Gasteiger partial charge in [0.25, 0.3) is 0 Å². The molecular weight excluding hydrogens is 306 g/mol. The Morgan fingerprint density at radius 2 is 1.74 bits per heavy atom. The second-order valence-corrected chi connectivity index (χ2v) is 5.68. The van der Waals surface area contributed by atoms with Crippen LogP contribution in [0.1, 0.15) is 23.6 Å². The molecule has 4 N–H and O–H groups in total. The van der Waals surface area contributed by atoms with E-state index in [4.69, 9.17) is 12.2 Å². The molecular formula is C18H21N3OS. The van der Waals surface area contributed by atoms with Gasteiger partial charge in [0.05, 0.1) is 5.70 Å². The fourth-order valence-corrected chi connectivity index (χ4v) is 2.26. The minimum atomic E-state index is 0.240. The van der Waals surface area contributed by atoms with Crippen LogP contribution < -0.4 is 16.2 Å². The van der Waals surface area contributed by atoms with E-state index in [0.29, 0.717) is 5.11 Å². The molecule has 0 saturated carbocycles. The molecule has 5 heteroatoms. The van der Waals surface area contributed by atoms with E-state index < -0.39 is 0 Å². The Hall–Kier alpha value is -2.53. The molecule has 2 aromatic carbocycles. The predicted octanol–water partition coefficient (Wildman–Crippen LogP) is 3.86. The van der Waals surface area contributed by atoms with Crippen LogP contribution in [0.2, 0.25) is 0 Å². The van der Waals surface area contributed by atoms with E-state index in [9.17, 15) is 5.11 Å². The van der Waals surface area contributed by atoms with Crippen molar-refractivity contribution in [3.63, 3.8) is 0 Å². The number of allylic oxidation sites excluding steroid dienone is 1. The van der Waals surface area contributed by atoms with Gasteiger partial charge in [-0.25, -0.2) is 0 Å². The van der Waals surface area contributed by atoms with Crippen LogP contribution in [0.3, 0.4) is 0 Å². The first-order chi connectivity index (χ1) is 11.0. The minimum absolute atomic E-state index is 0.240. The van der Waals surface area contributed by atoms with Crippen molar-refractivity contribution in [2.75, 3.05) is 5.32 Å². The van der Waals surface area contributed by atoms with E-state index in [2.05, 4.69) is 34.4 Å². The molecule has 2 aromatic rings. The molecule has 0 radical (unpaired) electrons. The molecule has 0 bridgehead atoms. The zero-order valence-corrected chi connectivity index (χ0v) is 14.3. The first-order valence-electron chi connectivity index (χ1n) is 7.35. The Balaban J connectivity index is 1.97. The highest BCUT2D eigenvalue weighted by molar-refractivity contribution is 7.80. The number of hydrazine groups is 1. The molecule has 0 amide bonds. The standard InChI is InChI=1S/C18H21N3OS/c1-4-16(14-7-9-15(22)10-8-14)20-21-18(23)19-17-11-12(2)5-6-13(17)3/h4-11,20,22H,1-3H3,(H2,19,21,23)/b16-4-. The van der Waals surface area contributed by atoms with E-state index >= 15 is 0 Å². The Bertz CT molecular complexity index is 724. The first-order valence-corrected chi connectivity index (χ1v) is 7.76. The maximum Gasteiger partial charge on any atom is 0.189 e. The fraction of sp³-hybridized carbons (Fsp3) is 0.167. The number of hydrogen-bond acceptors (Lipinski definition) is 3. The zero-order chi connectivity index (χ0) is 16.8. The van der Waals surface area contributed by atoms with Crippen molar-refractivity contribution in [1.82, 2.24) is 10.9 Å². The number of anilines is 1. The summed E-state index contributed by atoms with van der Waals surface area (Å²) < 4.78 is 0. The van der Waals surface area contributed by atoms with Crippen LogP contribution in [0.5, 0.6) is 5.75 Å². The number of benzene rings is 2. The van der Waals surface area contributed by atoms with Crippen molar-refractivity contribution in [1.29, 1.82) is 0 Å². The Kier molecular flexibility index (Phi) is 5.60. The average Bonchev–Trinajstić information content (AvgIpc) is 2.53. The third-order valence-electron chi connectivity index (χ3n) is 3.42. The number of aromatic hydroxyl groups is 1. The van der Waals surface area contributed by atoms with E-state index in [-0.39, 0.29) is 5.75 Å². The van der Waals surface area contributed by atoms with Gasteiger partial charge in [0, 0.05) is 5.69 Å². The molecule has 4 nitrogen and oxygen atoms in total. The van der Waals surface area contributed by atoms with Gasteiger partial charge in [-0.15, -0.1) is 0 Å². The average molecular weight is 327 g/mol. The summed E-state index contributed by atoms with van der Waals surface area (Å²) in [7, 11) is 0. The Morgan fingerprint density at radius 1 is 1.04 bits per heavy atom. The van der Waals surface area contributed by atoms with Gasteiger partial charge in [0.1, 0.15) is 5.75 Å². The van der Waals surface area contributed by atoms with Crippen LogP contribution in [0.15, 0.2) is 48.5 Å². The summed E-state index contributed by atoms with van der Waals surface area (Å²) in [5.41, 5.74) is 11.2. The van der Waals surface area contributed by atoms with Crippen LogP contribution in [0.25, 0.3) is 5.70 Å². The highest BCUT2D eigenvalue weighted by Gasteiger charge is 2.04. The van der Waals surface area contributed by atoms with Crippen molar-refractivity contribution >= 4 is 28.7 Å². The van der Waals surface area contributed by atoms with Gasteiger partial charge in [-0.2, -0.15) is 0 Å². The second kappa shape index (κ2) is 7.65. The second-order valence-electron chi connectivity index (χ2n) is 5.27. The van der Waals surface area contributed by atoms with Crippen LogP contribution >= 0.6 is 12.2 Å². The lowest BCUT2D eigenvalue weighted by Crippen LogP contribution is -2.39. The topological polar surface area (TPSA) is 56.3 Å². The summed E-state index contributed by atoms with van der Waals surface area (Å²) in [6, 6.07) is 13.1. The van der Waals surface area contributed by atoms with Crippen molar-refractivity contribution < 1.29 is 5.11 Å². The lowest BCUT2D eigenvalue weighted by atomic mass is 10.1. The Morgan fingerprint density at radius 3 is 2.39 bits per heavy atom. The van der Waals surface area contributed by atoms with Gasteiger partial charge in [-0.1, -0.05) is 18.2 Å². The number of hydrogen-bond donors (Lipinski definition) is 4. The molecule has 120 valence electrons. The molecule has 0 fully saturated rings. The maximum atomic E-state index is 9.36. The minimum Gasteiger partial charge on any atom is -0.508 e. The highest BCUT2D eigenvalue weighted by atomic mass is 32.1. The van der Waals surface area contributed by atoms with Crippen LogP contribution in [-0.4, -0.2) is 10.2 Å². The van der Waals surface area contributed by atoms with E-state index in [0.717, 1.165) is 22.5 Å². The predicted molar refractivity (Wildman–Crippen MR) is 100 cm³/mol. The molecule has 0 atom stereocenters. The van der Waals surface area contributed by atoms with Gasteiger partial charge >= 0.3 is 0 Å². The third kappa shape index (κ3) is 4.72. The van der Waals surface area contributed by atoms with Crippen molar-refractivity contribution in [3.8, 4) is 5.75 Å². The molecule has 0 aliphatic rings. The van der Waals surface area contributed by atoms with Crippen molar-refractivity contribution in [3.05, 3.63) is 65.2 Å². The lowest BCUT2D eigenvalue weighted by molar-refractivity contribution is 0.475. The molecule has 0 spiro atoms. The van der Waals surface area contributed by atoms with Gasteiger partial charge in [0.2, 0.25) is 0 Å². The van der Waals surface area contributed by atoms with Gasteiger partial charge in [0.15, 0.2) is 5.11 Å². The number of nitrogens with one attached hydrogen (secondary N) is 3. The van der Waals surface area contributed by atoms with Gasteiger partial charge < -0.3 is 10.4 Å². The molecule has 0 aliphatic carbocycles. The zero-order valence-electron chi connectivity index (χ0n) is 13.5. The number of phenols is 1. The van der Waals surface area contributed by atoms with Crippen LogP contribution in [-0.2, 0) is 0 Å². The number of phenolic OH excluding ortho intramolecular Hbond substituents is 1. The van der Waals surface area contributed by atoms with Crippen LogP contribution in [0.4, 0.5) is 5.69 Å². The molecule has 0 aliphatic heterocycles.